The molecule has 0 radical (unpaired) electrons. The number of rotatable bonds is 5. The van der Waals surface area contributed by atoms with Crippen LogP contribution in [-0.4, -0.2) is 39.2 Å². The lowest BCUT2D eigenvalue weighted by molar-refractivity contribution is 0.0819. The van der Waals surface area contributed by atoms with Crippen LogP contribution in [0, 0.1) is 0 Å². The van der Waals surface area contributed by atoms with Gasteiger partial charge in [0.1, 0.15) is 5.00 Å². The number of nitrogen functional groups attached to an aromatic ring is 1. The Hall–Kier alpha value is -1.27. The summed E-state index contributed by atoms with van der Waals surface area (Å²) in [5, 5.41) is 0.969. The molecule has 0 saturated carbocycles. The van der Waals surface area contributed by atoms with Crippen LogP contribution in [0.1, 0.15) is 35.9 Å². The van der Waals surface area contributed by atoms with E-state index in [1.54, 1.807) is 14.2 Å². The number of ketones is 1. The molecule has 0 aromatic carbocycles. The van der Waals surface area contributed by atoms with Crippen molar-refractivity contribution < 1.29 is 14.3 Å². The summed E-state index contributed by atoms with van der Waals surface area (Å²) in [6.07, 6.45) is 2.74. The van der Waals surface area contributed by atoms with E-state index in [0.717, 1.165) is 30.9 Å². The Bertz CT molecular complexity index is 479. The van der Waals surface area contributed by atoms with Crippen molar-refractivity contribution in [3.05, 3.63) is 4.88 Å². The molecule has 1 aliphatic heterocycles. The van der Waals surface area contributed by atoms with Gasteiger partial charge in [0, 0.05) is 26.6 Å². The number of anilines is 2. The molecule has 2 heterocycles. The zero-order chi connectivity index (χ0) is 14.7. The van der Waals surface area contributed by atoms with Crippen LogP contribution in [0.5, 0.6) is 5.75 Å². The average molecular weight is 298 g/mol. The molecule has 5 nitrogen and oxygen atoms in total. The van der Waals surface area contributed by atoms with E-state index in [4.69, 9.17) is 15.2 Å². The molecule has 1 saturated heterocycles. The van der Waals surface area contributed by atoms with Crippen LogP contribution >= 0.6 is 11.3 Å². The molecule has 1 fully saturated rings. The molecule has 20 heavy (non-hydrogen) atoms. The number of thiophene rings is 1. The fourth-order valence-electron chi connectivity index (χ4n) is 2.48. The number of piperidine rings is 1. The molecule has 0 unspecified atom stereocenters. The molecule has 0 amide bonds. The van der Waals surface area contributed by atoms with Gasteiger partial charge in [0.2, 0.25) is 0 Å². The van der Waals surface area contributed by atoms with Crippen molar-refractivity contribution in [1.82, 2.24) is 0 Å². The predicted octanol–water partition coefficient (Wildman–Crippen LogP) is 2.55. The first-order chi connectivity index (χ1) is 9.62. The fourth-order valence-corrected chi connectivity index (χ4v) is 3.74. The number of nitrogens with two attached hydrogens (primary N) is 1. The minimum atomic E-state index is 0.0730. The van der Waals surface area contributed by atoms with Crippen molar-refractivity contribution in [3.8, 4) is 5.75 Å². The summed E-state index contributed by atoms with van der Waals surface area (Å²) in [6, 6.07) is 0. The Kier molecular flexibility index (Phi) is 4.88. The van der Waals surface area contributed by atoms with Gasteiger partial charge in [-0.25, -0.2) is 0 Å². The van der Waals surface area contributed by atoms with E-state index in [9.17, 15) is 4.79 Å². The standard InChI is InChI=1S/C14H22N2O3S/c1-4-10(17)13-11(15)12(19-3)14(20-13)16-7-5-9(18-2)6-8-16/h9H,4-8,15H2,1-3H3. The molecular weight excluding hydrogens is 276 g/mol. The number of carbonyl (C=O) groups excluding carboxylic acids is 1. The molecule has 0 bridgehead atoms. The normalized spacial score (nSPS) is 16.4. The van der Waals surface area contributed by atoms with Gasteiger partial charge in [0.25, 0.3) is 0 Å². The van der Waals surface area contributed by atoms with Crippen molar-refractivity contribution >= 4 is 27.8 Å². The van der Waals surface area contributed by atoms with E-state index in [2.05, 4.69) is 4.90 Å². The number of hydrogen-bond donors (Lipinski definition) is 1. The van der Waals surface area contributed by atoms with E-state index < -0.39 is 0 Å². The molecule has 1 aliphatic rings. The van der Waals surface area contributed by atoms with E-state index in [1.807, 2.05) is 6.92 Å². The van der Waals surface area contributed by atoms with Crippen molar-refractivity contribution in [2.24, 2.45) is 0 Å². The maximum absolute atomic E-state index is 11.9. The number of carbonyl (C=O) groups is 1. The van der Waals surface area contributed by atoms with Gasteiger partial charge < -0.3 is 20.1 Å². The van der Waals surface area contributed by atoms with Gasteiger partial charge in [-0.2, -0.15) is 0 Å². The molecule has 1 aromatic rings. The lowest BCUT2D eigenvalue weighted by Gasteiger charge is -2.32. The van der Waals surface area contributed by atoms with Gasteiger partial charge in [-0.05, 0) is 12.8 Å². The SMILES string of the molecule is CCC(=O)c1sc(N2CCC(OC)CC2)c(OC)c1N. The maximum Gasteiger partial charge on any atom is 0.177 e. The number of methoxy groups -OCH3 is 2. The Morgan fingerprint density at radius 3 is 2.55 bits per heavy atom. The second kappa shape index (κ2) is 6.45. The average Bonchev–Trinajstić information content (AvgIpc) is 2.83. The summed E-state index contributed by atoms with van der Waals surface area (Å²) >= 11 is 1.44. The maximum atomic E-state index is 11.9. The third-order valence-electron chi connectivity index (χ3n) is 3.72. The van der Waals surface area contributed by atoms with Crippen LogP contribution in [-0.2, 0) is 4.74 Å². The topological polar surface area (TPSA) is 64.8 Å². The minimum Gasteiger partial charge on any atom is -0.492 e. The van der Waals surface area contributed by atoms with Crippen molar-refractivity contribution in [2.75, 3.05) is 37.9 Å². The Labute approximate surface area is 123 Å². The highest BCUT2D eigenvalue weighted by atomic mass is 32.1. The molecule has 2 N–H and O–H groups in total. The van der Waals surface area contributed by atoms with Gasteiger partial charge in [-0.15, -0.1) is 11.3 Å². The molecule has 6 heteroatoms. The zero-order valence-corrected chi connectivity index (χ0v) is 13.1. The second-order valence-corrected chi connectivity index (χ2v) is 5.88. The van der Waals surface area contributed by atoms with Gasteiger partial charge >= 0.3 is 0 Å². The first kappa shape index (κ1) is 15.1. The first-order valence-electron chi connectivity index (χ1n) is 6.89. The van der Waals surface area contributed by atoms with E-state index >= 15 is 0 Å². The number of hydrogen-bond acceptors (Lipinski definition) is 6. The monoisotopic (exact) mass is 298 g/mol. The highest BCUT2D eigenvalue weighted by Crippen LogP contribution is 2.45. The summed E-state index contributed by atoms with van der Waals surface area (Å²) in [6.45, 7) is 3.64. The molecule has 1 aromatic heterocycles. The lowest BCUT2D eigenvalue weighted by Crippen LogP contribution is -2.36. The number of Topliss-reactive ketones (excluding diaryl/α,β-unsaturated/α-hetero) is 1. The zero-order valence-electron chi connectivity index (χ0n) is 12.3. The van der Waals surface area contributed by atoms with Crippen molar-refractivity contribution in [3.63, 3.8) is 0 Å². The second-order valence-electron chi connectivity index (χ2n) is 4.88. The minimum absolute atomic E-state index is 0.0730. The largest absolute Gasteiger partial charge is 0.492 e. The van der Waals surface area contributed by atoms with E-state index in [1.165, 1.54) is 11.3 Å². The first-order valence-corrected chi connectivity index (χ1v) is 7.71. The summed E-state index contributed by atoms with van der Waals surface area (Å²) in [4.78, 5) is 14.8. The highest BCUT2D eigenvalue weighted by molar-refractivity contribution is 7.19. The quantitative estimate of drug-likeness (QED) is 0.846. The van der Waals surface area contributed by atoms with Gasteiger partial charge in [0.05, 0.1) is 23.8 Å². The fraction of sp³-hybridized carbons (Fsp3) is 0.643. The molecule has 0 atom stereocenters. The molecule has 0 aliphatic carbocycles. The van der Waals surface area contributed by atoms with Crippen LogP contribution in [0.15, 0.2) is 0 Å². The Morgan fingerprint density at radius 1 is 1.40 bits per heavy atom. The summed E-state index contributed by atoms with van der Waals surface area (Å²) in [5.41, 5.74) is 6.54. The summed E-state index contributed by atoms with van der Waals surface area (Å²) in [7, 11) is 3.35. The lowest BCUT2D eigenvalue weighted by atomic mass is 10.1. The summed E-state index contributed by atoms with van der Waals surface area (Å²) < 4.78 is 10.8. The van der Waals surface area contributed by atoms with Crippen LogP contribution < -0.4 is 15.4 Å². The Morgan fingerprint density at radius 2 is 2.05 bits per heavy atom. The third kappa shape index (κ3) is 2.76. The number of nitrogens with zero attached hydrogens (tertiary/aromatic N) is 1. The Balaban J connectivity index is 2.25. The molecule has 112 valence electrons. The van der Waals surface area contributed by atoms with Gasteiger partial charge in [-0.1, -0.05) is 6.92 Å². The molecule has 2 rings (SSSR count). The van der Waals surface area contributed by atoms with Crippen LogP contribution in [0.2, 0.25) is 0 Å². The van der Waals surface area contributed by atoms with Crippen molar-refractivity contribution in [1.29, 1.82) is 0 Å². The smallest absolute Gasteiger partial charge is 0.177 e. The predicted molar refractivity (Wildman–Crippen MR) is 82.1 cm³/mol. The molecule has 0 spiro atoms. The third-order valence-corrected chi connectivity index (χ3v) is 5.01. The van der Waals surface area contributed by atoms with Gasteiger partial charge in [-0.3, -0.25) is 4.79 Å². The van der Waals surface area contributed by atoms with E-state index in [0.29, 0.717) is 28.8 Å². The van der Waals surface area contributed by atoms with Crippen LogP contribution in [0.4, 0.5) is 10.7 Å². The van der Waals surface area contributed by atoms with Crippen molar-refractivity contribution in [2.45, 2.75) is 32.3 Å². The highest BCUT2D eigenvalue weighted by Gasteiger charge is 2.27. The van der Waals surface area contributed by atoms with Crippen LogP contribution in [0.3, 0.4) is 0 Å². The summed E-state index contributed by atoms with van der Waals surface area (Å²) in [5.74, 6) is 0.714. The molecular formula is C14H22N2O3S. The number of ether oxygens (including phenoxy) is 2. The van der Waals surface area contributed by atoms with E-state index in [-0.39, 0.29) is 5.78 Å². The van der Waals surface area contributed by atoms with Crippen LogP contribution in [0.25, 0.3) is 0 Å². The van der Waals surface area contributed by atoms with Gasteiger partial charge in [0.15, 0.2) is 11.5 Å².